The maximum atomic E-state index is 13.1. The van der Waals surface area contributed by atoms with E-state index in [2.05, 4.69) is 19.9 Å². The molecule has 14 heteroatoms. The summed E-state index contributed by atoms with van der Waals surface area (Å²) >= 11 is 0. The highest BCUT2D eigenvalue weighted by Crippen LogP contribution is 2.57. The maximum Gasteiger partial charge on any atom is 0.475 e. The number of aromatic nitrogens is 5. The number of fused-ring (bicyclic) bond motifs is 1. The number of ether oxygens (including phenoxy) is 2. The minimum Gasteiger partial charge on any atom is -0.387 e. The zero-order valence-electron chi connectivity index (χ0n) is 17.6. The number of pyridine rings is 1. The van der Waals surface area contributed by atoms with Crippen LogP contribution in [0.4, 0.5) is 5.82 Å². The van der Waals surface area contributed by atoms with Gasteiger partial charge in [0.1, 0.15) is 30.2 Å². The summed E-state index contributed by atoms with van der Waals surface area (Å²) in [4.78, 5) is 16.4. The molecule has 4 unspecified atom stereocenters. The van der Waals surface area contributed by atoms with E-state index >= 15 is 0 Å². The molecule has 176 valence electrons. The van der Waals surface area contributed by atoms with Crippen LogP contribution in [0.15, 0.2) is 37.2 Å². The molecular weight excluding hydrogens is 455 g/mol. The zero-order chi connectivity index (χ0) is 23.0. The molecule has 0 bridgehead atoms. The summed E-state index contributed by atoms with van der Waals surface area (Å²) in [6.07, 6.45) is 2.58. The second kappa shape index (κ2) is 9.03. The molecule has 3 aromatic heterocycles. The first kappa shape index (κ1) is 22.3. The average Bonchev–Trinajstić information content (AvgIpc) is 3.40. The first-order valence-corrected chi connectivity index (χ1v) is 11.7. The first-order valence-electron chi connectivity index (χ1n) is 10.3. The third-order valence-corrected chi connectivity index (χ3v) is 7.06. The minimum absolute atomic E-state index is 0.191. The quantitative estimate of drug-likeness (QED) is 0.489. The van der Waals surface area contributed by atoms with E-state index in [1.165, 1.54) is 19.8 Å². The normalized spacial score (nSPS) is 32.4. The molecule has 0 radical (unpaired) electrons. The lowest BCUT2D eigenvalue weighted by molar-refractivity contribution is -0.0626. The van der Waals surface area contributed by atoms with Crippen molar-refractivity contribution in [3.8, 4) is 0 Å². The lowest BCUT2D eigenvalue weighted by atomic mass is 10.1. The van der Waals surface area contributed by atoms with Crippen LogP contribution < -0.4 is 5.73 Å². The molecule has 13 nitrogen and oxygen atoms in total. The number of hydrogen-bond donors (Lipinski definition) is 2. The fourth-order valence-corrected chi connectivity index (χ4v) is 5.32. The number of rotatable bonds is 6. The van der Waals surface area contributed by atoms with Crippen LogP contribution in [0.1, 0.15) is 24.3 Å². The van der Waals surface area contributed by atoms with Crippen LogP contribution in [-0.4, -0.2) is 68.2 Å². The van der Waals surface area contributed by atoms with Gasteiger partial charge >= 0.3 is 7.82 Å². The lowest BCUT2D eigenvalue weighted by Gasteiger charge is -2.29. The fourth-order valence-electron chi connectivity index (χ4n) is 3.93. The van der Waals surface area contributed by atoms with Gasteiger partial charge in [-0.1, -0.05) is 6.07 Å². The molecule has 2 saturated heterocycles. The molecule has 6 atom stereocenters. The van der Waals surface area contributed by atoms with Crippen molar-refractivity contribution in [2.45, 2.75) is 37.1 Å². The van der Waals surface area contributed by atoms with Crippen LogP contribution in [0.5, 0.6) is 0 Å². The molecule has 5 rings (SSSR count). The highest BCUT2D eigenvalue weighted by atomic mass is 31.2. The highest BCUT2D eigenvalue weighted by Gasteiger charge is 2.47. The molecule has 0 aromatic carbocycles. The molecule has 0 saturated carbocycles. The number of aliphatic hydroxyl groups excluding tert-OH is 1. The highest BCUT2D eigenvalue weighted by molar-refractivity contribution is 7.48. The Morgan fingerprint density at radius 2 is 2.24 bits per heavy atom. The number of nitrogen functional groups attached to an aromatic ring is 1. The zero-order valence-corrected chi connectivity index (χ0v) is 18.5. The van der Waals surface area contributed by atoms with E-state index in [1.807, 2.05) is 6.07 Å². The van der Waals surface area contributed by atoms with Crippen molar-refractivity contribution in [1.82, 2.24) is 24.5 Å². The van der Waals surface area contributed by atoms with Gasteiger partial charge in [0, 0.05) is 25.9 Å². The third-order valence-electron chi connectivity index (χ3n) is 5.59. The number of phosphoric acid groups is 1. The molecule has 5 heterocycles. The second-order valence-electron chi connectivity index (χ2n) is 7.58. The lowest BCUT2D eigenvalue weighted by Crippen LogP contribution is -2.35. The number of imidazole rings is 1. The van der Waals surface area contributed by atoms with Crippen LogP contribution in [0.2, 0.25) is 0 Å². The van der Waals surface area contributed by atoms with E-state index in [9.17, 15) is 9.67 Å². The Morgan fingerprint density at radius 1 is 1.36 bits per heavy atom. The molecule has 3 N–H and O–H groups in total. The number of nitrogens with zero attached hydrogens (tertiary/aromatic N) is 5. The summed E-state index contributed by atoms with van der Waals surface area (Å²) in [5.74, 6) is 0.221. The van der Waals surface area contributed by atoms with Crippen molar-refractivity contribution < 1.29 is 32.7 Å². The van der Waals surface area contributed by atoms with E-state index < -0.39 is 38.5 Å². The number of methoxy groups -OCH3 is 1. The molecule has 2 aliphatic rings. The third kappa shape index (κ3) is 4.24. The molecular formula is C19H23N6O7P. The predicted octanol–water partition coefficient (Wildman–Crippen LogP) is 1.38. The van der Waals surface area contributed by atoms with Crippen molar-refractivity contribution in [2.24, 2.45) is 0 Å². The number of anilines is 1. The van der Waals surface area contributed by atoms with Gasteiger partial charge in [-0.2, -0.15) is 0 Å². The number of phosphoric ester groups is 1. The standard InChI is InChI=1S/C19H23N6O7P/c1-28-16-15(26)13(31-19(16)25-10-24-14-17(20)22-9-23-18(14)25)8-30-33(27)29-6-4-12(32-33)11-3-2-5-21-7-11/h2-3,5,7,9-10,12-13,15-16,19,26H,4,6,8H2,1H3,(H2,20,22,23)/t12?,13-,15?,16?,19-,33?/m1/s1. The van der Waals surface area contributed by atoms with Crippen LogP contribution in [-0.2, 0) is 27.6 Å². The van der Waals surface area contributed by atoms with Crippen LogP contribution >= 0.6 is 7.82 Å². The minimum atomic E-state index is -3.88. The van der Waals surface area contributed by atoms with Crippen molar-refractivity contribution >= 4 is 24.8 Å². The summed E-state index contributed by atoms with van der Waals surface area (Å²) < 4.78 is 42.6. The van der Waals surface area contributed by atoms with Gasteiger partial charge in [0.15, 0.2) is 17.7 Å². The monoisotopic (exact) mass is 478 g/mol. The van der Waals surface area contributed by atoms with Crippen LogP contribution in [0.3, 0.4) is 0 Å². The molecule has 0 amide bonds. The van der Waals surface area contributed by atoms with Gasteiger partial charge in [-0.3, -0.25) is 23.1 Å². The van der Waals surface area contributed by atoms with E-state index in [-0.39, 0.29) is 19.0 Å². The van der Waals surface area contributed by atoms with Crippen molar-refractivity contribution in [3.05, 3.63) is 42.7 Å². The van der Waals surface area contributed by atoms with Crippen LogP contribution in [0.25, 0.3) is 11.2 Å². The summed E-state index contributed by atoms with van der Waals surface area (Å²) in [7, 11) is -2.44. The summed E-state index contributed by atoms with van der Waals surface area (Å²) in [5.41, 5.74) is 7.46. The maximum absolute atomic E-state index is 13.1. The Bertz CT molecular complexity index is 1160. The van der Waals surface area contributed by atoms with Crippen molar-refractivity contribution in [1.29, 1.82) is 0 Å². The van der Waals surface area contributed by atoms with Crippen molar-refractivity contribution in [2.75, 3.05) is 26.1 Å². The summed E-state index contributed by atoms with van der Waals surface area (Å²) in [6.45, 7) is -0.0608. The SMILES string of the molecule is COC1C(O)[C@@H](COP2(=O)OCCC(c3cccnc3)O2)O[C@H]1n1cnc2c(N)ncnc21. The van der Waals surface area contributed by atoms with Crippen molar-refractivity contribution in [3.63, 3.8) is 0 Å². The summed E-state index contributed by atoms with van der Waals surface area (Å²) in [6, 6.07) is 3.60. The smallest absolute Gasteiger partial charge is 0.387 e. The number of hydrogen-bond acceptors (Lipinski definition) is 12. The topological polar surface area (TPSA) is 166 Å². The Kier molecular flexibility index (Phi) is 6.10. The van der Waals surface area contributed by atoms with Gasteiger partial charge in [-0.05, 0) is 11.6 Å². The van der Waals surface area contributed by atoms with Gasteiger partial charge in [-0.15, -0.1) is 0 Å². The van der Waals surface area contributed by atoms with E-state index in [4.69, 9.17) is 28.8 Å². The Hall–Kier alpha value is -2.51. The first-order chi connectivity index (χ1) is 16.0. The average molecular weight is 478 g/mol. The predicted molar refractivity (Wildman–Crippen MR) is 113 cm³/mol. The Balaban J connectivity index is 1.30. The number of nitrogens with two attached hydrogens (primary N) is 1. The van der Waals surface area contributed by atoms with Gasteiger partial charge in [-0.25, -0.2) is 19.5 Å². The fraction of sp³-hybridized carbons (Fsp3) is 0.474. The van der Waals surface area contributed by atoms with Gasteiger partial charge in [0.05, 0.1) is 25.6 Å². The Morgan fingerprint density at radius 3 is 3.03 bits per heavy atom. The number of aliphatic hydroxyl groups is 1. The van der Waals surface area contributed by atoms with E-state index in [1.54, 1.807) is 23.0 Å². The van der Waals surface area contributed by atoms with Crippen LogP contribution in [0, 0.1) is 0 Å². The molecule has 33 heavy (non-hydrogen) atoms. The van der Waals surface area contributed by atoms with E-state index in [0.29, 0.717) is 17.6 Å². The molecule has 2 aliphatic heterocycles. The molecule has 0 aliphatic carbocycles. The van der Waals surface area contributed by atoms with Gasteiger partial charge in [0.2, 0.25) is 0 Å². The van der Waals surface area contributed by atoms with Gasteiger partial charge < -0.3 is 20.3 Å². The molecule has 0 spiro atoms. The molecule has 2 fully saturated rings. The summed E-state index contributed by atoms with van der Waals surface area (Å²) in [5, 5.41) is 10.8. The molecule has 3 aromatic rings. The van der Waals surface area contributed by atoms with E-state index in [0.717, 1.165) is 5.56 Å². The largest absolute Gasteiger partial charge is 0.475 e. The second-order valence-corrected chi connectivity index (χ2v) is 9.21. The Labute approximate surface area is 188 Å². The van der Waals surface area contributed by atoms with Gasteiger partial charge in [0.25, 0.3) is 0 Å².